The lowest BCUT2D eigenvalue weighted by atomic mass is 9.99. The van der Waals surface area contributed by atoms with Crippen molar-refractivity contribution in [2.45, 2.75) is 50.2 Å². The summed E-state index contributed by atoms with van der Waals surface area (Å²) in [4.78, 5) is 11.6. The molecule has 4 nitrogen and oxygen atoms in total. The summed E-state index contributed by atoms with van der Waals surface area (Å²) >= 11 is 9.39. The molecule has 2 aromatic rings. The molecule has 0 radical (unpaired) electrons. The van der Waals surface area contributed by atoms with Crippen LogP contribution in [0.15, 0.2) is 15.7 Å². The Balaban J connectivity index is 0.00000109. The van der Waals surface area contributed by atoms with Crippen molar-refractivity contribution in [1.29, 1.82) is 0 Å². The van der Waals surface area contributed by atoms with Crippen molar-refractivity contribution in [3.05, 3.63) is 16.4 Å². The van der Waals surface area contributed by atoms with E-state index in [9.17, 15) is 4.39 Å². The van der Waals surface area contributed by atoms with E-state index in [0.717, 1.165) is 25.2 Å². The molecule has 0 bridgehead atoms. The number of anilines is 1. The molecule has 2 heterocycles. The molecule has 1 saturated carbocycles. The summed E-state index contributed by atoms with van der Waals surface area (Å²) in [6.45, 7) is 3.68. The average molecular weight is 491 g/mol. The van der Waals surface area contributed by atoms with Crippen LogP contribution >= 0.6 is 39.3 Å². The van der Waals surface area contributed by atoms with E-state index in [1.807, 2.05) is 6.26 Å². The van der Waals surface area contributed by atoms with Crippen molar-refractivity contribution in [3.8, 4) is 5.75 Å². The minimum atomic E-state index is -0.345. The Hall–Kier alpha value is -0.790. The summed E-state index contributed by atoms with van der Waals surface area (Å²) in [7, 11) is 0. The predicted octanol–water partition coefficient (Wildman–Crippen LogP) is 6.28. The zero-order valence-electron chi connectivity index (χ0n) is 16.5. The van der Waals surface area contributed by atoms with Gasteiger partial charge in [-0.25, -0.2) is 14.4 Å². The van der Waals surface area contributed by atoms with Crippen molar-refractivity contribution in [1.82, 2.24) is 9.97 Å². The number of halogens is 3. The fourth-order valence-corrected chi connectivity index (χ4v) is 4.92. The van der Waals surface area contributed by atoms with Crippen molar-refractivity contribution in [2.75, 3.05) is 30.7 Å². The van der Waals surface area contributed by atoms with Crippen LogP contribution < -0.4 is 9.64 Å². The molecule has 2 unspecified atom stereocenters. The molecule has 1 aromatic carbocycles. The molecule has 8 heteroatoms. The highest BCUT2D eigenvalue weighted by atomic mass is 79.9. The van der Waals surface area contributed by atoms with Gasteiger partial charge in [-0.2, -0.15) is 0 Å². The van der Waals surface area contributed by atoms with E-state index >= 15 is 0 Å². The van der Waals surface area contributed by atoms with Gasteiger partial charge in [0, 0.05) is 12.4 Å². The molecule has 154 valence electrons. The predicted molar refractivity (Wildman–Crippen MR) is 120 cm³/mol. The van der Waals surface area contributed by atoms with Crippen LogP contribution in [0.5, 0.6) is 5.75 Å². The fraction of sp³-hybridized carbons (Fsp3) is 0.600. The minimum Gasteiger partial charge on any atom is -0.491 e. The molecule has 0 saturated heterocycles. The topological polar surface area (TPSA) is 38.3 Å². The molecule has 1 aliphatic carbocycles. The average Bonchev–Trinajstić information content (AvgIpc) is 3.03. The third-order valence-electron chi connectivity index (χ3n) is 5.44. The number of hydrogen-bond acceptors (Lipinski definition) is 5. The summed E-state index contributed by atoms with van der Waals surface area (Å²) in [5.41, 5.74) is 0.345. The monoisotopic (exact) mass is 489 g/mol. The summed E-state index contributed by atoms with van der Waals surface area (Å²) < 4.78 is 21.2. The lowest BCUT2D eigenvalue weighted by Gasteiger charge is -2.32. The lowest BCUT2D eigenvalue weighted by Crippen LogP contribution is -2.39. The Morgan fingerprint density at radius 2 is 2.04 bits per heavy atom. The lowest BCUT2D eigenvalue weighted by molar-refractivity contribution is 0.321. The molecule has 1 aromatic heterocycles. The van der Waals surface area contributed by atoms with E-state index in [-0.39, 0.29) is 5.82 Å². The van der Waals surface area contributed by atoms with Gasteiger partial charge in [0.2, 0.25) is 0 Å². The Kier molecular flexibility index (Phi) is 7.67. The van der Waals surface area contributed by atoms with E-state index in [4.69, 9.17) is 9.72 Å². The van der Waals surface area contributed by atoms with Crippen molar-refractivity contribution < 1.29 is 9.13 Å². The number of hydrogen-bond donors (Lipinski definition) is 0. The fourth-order valence-electron chi connectivity index (χ4n) is 4.16. The van der Waals surface area contributed by atoms with Crippen LogP contribution in [0.1, 0.15) is 39.0 Å². The number of aromatic nitrogens is 2. The van der Waals surface area contributed by atoms with Crippen LogP contribution in [-0.2, 0) is 0 Å². The molecule has 1 fully saturated rings. The number of rotatable bonds is 2. The van der Waals surface area contributed by atoms with Gasteiger partial charge in [-0.3, -0.25) is 0 Å². The van der Waals surface area contributed by atoms with E-state index in [1.165, 1.54) is 37.4 Å². The zero-order valence-corrected chi connectivity index (χ0v) is 19.6. The van der Waals surface area contributed by atoms with Gasteiger partial charge in [-0.05, 0) is 47.0 Å². The van der Waals surface area contributed by atoms with E-state index in [2.05, 4.69) is 44.3 Å². The van der Waals surface area contributed by atoms with E-state index in [1.54, 1.807) is 6.07 Å². The standard InChI is InChI=1S/C19H23BrFN3OS.CH3Cl/c1-11-5-3-4-6-12(9-11)24-7-8-25-14-10-13(20)16(21)17-15(14)18(24)23-19(22-17)26-2;1-2/h10-12H,3-9H2,1-2H3;1H3. The third-order valence-corrected chi connectivity index (χ3v) is 6.56. The maximum Gasteiger partial charge on any atom is 0.189 e. The number of nitrogens with zero attached hydrogens (tertiary/aromatic N) is 3. The number of ether oxygens (including phenoxy) is 1. The third kappa shape index (κ3) is 4.36. The first-order chi connectivity index (χ1) is 13.6. The molecule has 28 heavy (non-hydrogen) atoms. The van der Waals surface area contributed by atoms with E-state index < -0.39 is 0 Å². The Labute approximate surface area is 183 Å². The number of benzene rings is 1. The van der Waals surface area contributed by atoms with Crippen LogP contribution in [0.2, 0.25) is 0 Å². The number of thioether (sulfide) groups is 1. The van der Waals surface area contributed by atoms with Crippen LogP contribution in [0.25, 0.3) is 10.9 Å². The summed E-state index contributed by atoms with van der Waals surface area (Å²) in [5.74, 6) is 1.85. The maximum atomic E-state index is 14.8. The summed E-state index contributed by atoms with van der Waals surface area (Å²) in [6.07, 6.45) is 9.50. The minimum absolute atomic E-state index is 0.345. The number of alkyl halides is 1. The van der Waals surface area contributed by atoms with Gasteiger partial charge in [0.1, 0.15) is 23.7 Å². The van der Waals surface area contributed by atoms with Crippen molar-refractivity contribution in [2.24, 2.45) is 5.92 Å². The van der Waals surface area contributed by atoms with Crippen molar-refractivity contribution in [3.63, 3.8) is 0 Å². The van der Waals surface area contributed by atoms with Gasteiger partial charge in [-0.1, -0.05) is 37.9 Å². The molecule has 0 N–H and O–H groups in total. The first kappa shape index (κ1) is 21.9. The molecule has 1 aliphatic heterocycles. The second-order valence-corrected chi connectivity index (χ2v) is 8.88. The van der Waals surface area contributed by atoms with Crippen LogP contribution in [0.3, 0.4) is 0 Å². The van der Waals surface area contributed by atoms with Crippen LogP contribution in [-0.4, -0.2) is 41.8 Å². The summed E-state index contributed by atoms with van der Waals surface area (Å²) in [6, 6.07) is 2.13. The quantitative estimate of drug-likeness (QED) is 0.214. The van der Waals surface area contributed by atoms with Gasteiger partial charge >= 0.3 is 0 Å². The Morgan fingerprint density at radius 3 is 2.79 bits per heavy atom. The smallest absolute Gasteiger partial charge is 0.189 e. The van der Waals surface area contributed by atoms with Crippen molar-refractivity contribution >= 4 is 56.0 Å². The van der Waals surface area contributed by atoms with Crippen LogP contribution in [0, 0.1) is 11.7 Å². The van der Waals surface area contributed by atoms with Gasteiger partial charge in [0.25, 0.3) is 0 Å². The van der Waals surface area contributed by atoms with Gasteiger partial charge in [0.15, 0.2) is 11.0 Å². The largest absolute Gasteiger partial charge is 0.491 e. The second-order valence-electron chi connectivity index (χ2n) is 7.25. The van der Waals surface area contributed by atoms with Gasteiger partial charge in [0.05, 0.1) is 16.4 Å². The zero-order chi connectivity index (χ0) is 20.3. The molecule has 4 rings (SSSR count). The Morgan fingerprint density at radius 1 is 1.29 bits per heavy atom. The first-order valence-corrected chi connectivity index (χ1v) is 12.4. The molecule has 2 aliphatic rings. The summed E-state index contributed by atoms with van der Waals surface area (Å²) in [5, 5.41) is 1.31. The SMILES string of the molecule is CCl.CSc1nc2c3c(cc(Br)c(F)c3n1)OCCN2C1CCCCC(C)C1. The molecular formula is C20H26BrClFN3OS. The first-order valence-electron chi connectivity index (χ1n) is 9.59. The van der Waals surface area contributed by atoms with Gasteiger partial charge < -0.3 is 9.64 Å². The highest BCUT2D eigenvalue weighted by Gasteiger charge is 2.30. The highest BCUT2D eigenvalue weighted by molar-refractivity contribution is 9.10. The Bertz CT molecular complexity index is 841. The second kappa shape index (κ2) is 9.81. The normalized spacial score (nSPS) is 22.0. The molecule has 0 amide bonds. The van der Waals surface area contributed by atoms with Crippen LogP contribution in [0.4, 0.5) is 10.2 Å². The maximum absolute atomic E-state index is 14.8. The van der Waals surface area contributed by atoms with E-state index in [0.29, 0.717) is 44.8 Å². The molecule has 2 atom stereocenters. The van der Waals surface area contributed by atoms with Gasteiger partial charge in [-0.15, -0.1) is 11.6 Å². The molecule has 0 spiro atoms. The highest BCUT2D eigenvalue weighted by Crippen LogP contribution is 2.41. The molecular weight excluding hydrogens is 465 g/mol.